The molecule has 1 aliphatic carbocycles. The van der Waals surface area contributed by atoms with E-state index >= 15 is 0 Å². The van der Waals surface area contributed by atoms with Crippen LogP contribution in [0.3, 0.4) is 0 Å². The highest BCUT2D eigenvalue weighted by Gasteiger charge is 2.11. The fourth-order valence-corrected chi connectivity index (χ4v) is 1.49. The van der Waals surface area contributed by atoms with Crippen LogP contribution in [-0.2, 0) is 9.59 Å². The molecule has 1 aliphatic rings. The highest BCUT2D eigenvalue weighted by Crippen LogP contribution is 2.19. The molecule has 0 spiro atoms. The molecule has 0 amide bonds. The van der Waals surface area contributed by atoms with Crippen LogP contribution in [0.2, 0.25) is 0 Å². The van der Waals surface area contributed by atoms with Gasteiger partial charge in [0, 0.05) is 12.0 Å². The molecule has 0 unspecified atom stereocenters. The van der Waals surface area contributed by atoms with Crippen molar-refractivity contribution in [3.05, 3.63) is 35.5 Å². The van der Waals surface area contributed by atoms with Gasteiger partial charge < -0.3 is 0 Å². The number of carbonyl (C=O) groups excluding carboxylic acids is 2. The van der Waals surface area contributed by atoms with Crippen LogP contribution in [-0.4, -0.2) is 11.6 Å². The molecular formula is C15H12O2. The zero-order valence-corrected chi connectivity index (χ0v) is 9.40. The molecule has 0 heterocycles. The number of carbonyl (C=O) groups is 2. The van der Waals surface area contributed by atoms with Crippen LogP contribution < -0.4 is 0 Å². The van der Waals surface area contributed by atoms with Gasteiger partial charge >= 0.3 is 0 Å². The molecule has 0 atom stereocenters. The maximum atomic E-state index is 11.4. The van der Waals surface area contributed by atoms with E-state index in [1.807, 2.05) is 12.2 Å². The fraction of sp³-hybridized carbons (Fsp3) is 0.200. The van der Waals surface area contributed by atoms with Crippen molar-refractivity contribution in [2.75, 3.05) is 0 Å². The lowest BCUT2D eigenvalue weighted by Crippen LogP contribution is -2.01. The quantitative estimate of drug-likeness (QED) is 0.540. The van der Waals surface area contributed by atoms with Gasteiger partial charge in [-0.25, -0.2) is 0 Å². The summed E-state index contributed by atoms with van der Waals surface area (Å²) in [6, 6.07) is 0. The van der Waals surface area contributed by atoms with Crippen molar-refractivity contribution in [2.45, 2.75) is 19.3 Å². The normalized spacial score (nSPS) is 13.8. The summed E-state index contributed by atoms with van der Waals surface area (Å²) in [6.07, 6.45) is 18.6. The van der Waals surface area contributed by atoms with Crippen molar-refractivity contribution in [1.82, 2.24) is 0 Å². The first-order chi connectivity index (χ1) is 8.17. The van der Waals surface area contributed by atoms with Crippen molar-refractivity contribution in [1.29, 1.82) is 0 Å². The van der Waals surface area contributed by atoms with Crippen molar-refractivity contribution in [2.24, 2.45) is 0 Å². The second-order valence-electron chi connectivity index (χ2n) is 3.62. The molecule has 0 saturated heterocycles. The Balaban J connectivity index is 2.69. The number of Topliss-reactive ketones (excluding diaryl/α,β-unsaturated/α-hetero) is 2. The maximum absolute atomic E-state index is 11.4. The predicted molar refractivity (Wildman–Crippen MR) is 66.8 cm³/mol. The first-order valence-corrected chi connectivity index (χ1v) is 5.23. The minimum Gasteiger partial charge on any atom is -0.285 e. The van der Waals surface area contributed by atoms with Crippen LogP contribution in [0.4, 0.5) is 0 Å². The van der Waals surface area contributed by atoms with Crippen LogP contribution in [0.25, 0.3) is 0 Å². The van der Waals surface area contributed by atoms with E-state index in [2.05, 4.69) is 11.8 Å². The molecule has 0 radical (unpaired) electrons. The summed E-state index contributed by atoms with van der Waals surface area (Å²) in [5.74, 6) is 3.62. The molecule has 0 N–H and O–H groups in total. The molecule has 17 heavy (non-hydrogen) atoms. The van der Waals surface area contributed by atoms with Crippen molar-refractivity contribution in [3.8, 4) is 24.7 Å². The Labute approximate surface area is 101 Å². The molecule has 2 heteroatoms. The van der Waals surface area contributed by atoms with E-state index in [1.165, 1.54) is 0 Å². The predicted octanol–water partition coefficient (Wildman–Crippen LogP) is 1.98. The van der Waals surface area contributed by atoms with Gasteiger partial charge in [0.15, 0.2) is 0 Å². The number of ketones is 2. The van der Waals surface area contributed by atoms with Gasteiger partial charge in [-0.2, -0.15) is 0 Å². The van der Waals surface area contributed by atoms with E-state index in [0.717, 1.165) is 5.57 Å². The minimum atomic E-state index is -0.314. The van der Waals surface area contributed by atoms with Crippen molar-refractivity contribution < 1.29 is 9.59 Å². The Kier molecular flexibility index (Phi) is 4.73. The van der Waals surface area contributed by atoms with Crippen LogP contribution in [0.5, 0.6) is 0 Å². The van der Waals surface area contributed by atoms with Gasteiger partial charge in [-0.15, -0.1) is 12.8 Å². The van der Waals surface area contributed by atoms with E-state index in [1.54, 1.807) is 12.2 Å². The Hall–Kier alpha value is -2.32. The highest BCUT2D eigenvalue weighted by atomic mass is 16.1. The number of rotatable bonds is 4. The molecule has 0 aromatic rings. The third kappa shape index (κ3) is 3.97. The Morgan fingerprint density at radius 2 is 1.88 bits per heavy atom. The largest absolute Gasteiger partial charge is 0.285 e. The smallest absolute Gasteiger partial charge is 0.231 e. The number of hydrogen-bond donors (Lipinski definition) is 0. The lowest BCUT2D eigenvalue weighted by molar-refractivity contribution is -0.113. The molecule has 1 rings (SSSR count). The summed E-state index contributed by atoms with van der Waals surface area (Å²) in [7, 11) is 0. The summed E-state index contributed by atoms with van der Waals surface area (Å²) in [4.78, 5) is 22.4. The zero-order chi connectivity index (χ0) is 12.7. The lowest BCUT2D eigenvalue weighted by atomic mass is 9.98. The van der Waals surface area contributed by atoms with Crippen LogP contribution >= 0.6 is 0 Å². The first-order valence-electron chi connectivity index (χ1n) is 5.23. The SMILES string of the molecule is C#CC(=O)CCC1=CC=CC=C(C(=O)C#C)C1. The number of terminal acetylenes is 2. The van der Waals surface area contributed by atoms with Gasteiger partial charge in [-0.3, -0.25) is 9.59 Å². The molecule has 0 saturated carbocycles. The third-order valence-corrected chi connectivity index (χ3v) is 2.41. The Morgan fingerprint density at radius 3 is 2.53 bits per heavy atom. The first kappa shape index (κ1) is 12.7. The van der Waals surface area contributed by atoms with E-state index in [4.69, 9.17) is 12.8 Å². The second-order valence-corrected chi connectivity index (χ2v) is 3.62. The Bertz CT molecular complexity index is 502. The highest BCUT2D eigenvalue weighted by molar-refractivity contribution is 6.08. The average Bonchev–Trinajstić information content (AvgIpc) is 2.60. The van der Waals surface area contributed by atoms with Gasteiger partial charge in [0.05, 0.1) is 0 Å². The molecule has 0 aromatic carbocycles. The van der Waals surface area contributed by atoms with Gasteiger partial charge in [0.2, 0.25) is 11.6 Å². The minimum absolute atomic E-state index is 0.229. The Morgan fingerprint density at radius 1 is 1.18 bits per heavy atom. The van der Waals surface area contributed by atoms with Gasteiger partial charge in [0.1, 0.15) is 0 Å². The van der Waals surface area contributed by atoms with Crippen molar-refractivity contribution >= 4 is 11.6 Å². The van der Waals surface area contributed by atoms with E-state index < -0.39 is 0 Å². The summed E-state index contributed by atoms with van der Waals surface area (Å²) in [5, 5.41) is 0. The molecule has 0 aliphatic heterocycles. The van der Waals surface area contributed by atoms with Gasteiger partial charge in [-0.1, -0.05) is 29.9 Å². The summed E-state index contributed by atoms with van der Waals surface area (Å²) >= 11 is 0. The van der Waals surface area contributed by atoms with E-state index in [-0.39, 0.29) is 11.6 Å². The molecular weight excluding hydrogens is 212 g/mol. The van der Waals surface area contributed by atoms with Crippen LogP contribution in [0, 0.1) is 24.7 Å². The number of hydrogen-bond acceptors (Lipinski definition) is 2. The van der Waals surface area contributed by atoms with E-state index in [0.29, 0.717) is 24.8 Å². The van der Waals surface area contributed by atoms with Gasteiger partial charge in [0.25, 0.3) is 0 Å². The van der Waals surface area contributed by atoms with Crippen molar-refractivity contribution in [3.63, 3.8) is 0 Å². The summed E-state index contributed by atoms with van der Waals surface area (Å²) in [6.45, 7) is 0. The molecule has 0 aromatic heterocycles. The van der Waals surface area contributed by atoms with E-state index in [9.17, 15) is 9.59 Å². The molecule has 2 nitrogen and oxygen atoms in total. The second kappa shape index (κ2) is 6.30. The standard InChI is InChI=1S/C15H12O2/c1-3-14(16)10-9-12-7-5-6-8-13(11-12)15(17)4-2/h1-2,5-8H,9-11H2. The maximum Gasteiger partial charge on any atom is 0.231 e. The van der Waals surface area contributed by atoms with Gasteiger partial charge in [-0.05, 0) is 24.7 Å². The molecule has 84 valence electrons. The lowest BCUT2D eigenvalue weighted by Gasteiger charge is -2.05. The number of allylic oxidation sites excluding steroid dienone is 6. The van der Waals surface area contributed by atoms with Crippen LogP contribution in [0.15, 0.2) is 35.5 Å². The average molecular weight is 224 g/mol. The topological polar surface area (TPSA) is 34.1 Å². The zero-order valence-electron chi connectivity index (χ0n) is 9.40. The fourth-order valence-electron chi connectivity index (χ4n) is 1.49. The summed E-state index contributed by atoms with van der Waals surface area (Å²) < 4.78 is 0. The monoisotopic (exact) mass is 224 g/mol. The third-order valence-electron chi connectivity index (χ3n) is 2.41. The molecule has 0 fully saturated rings. The van der Waals surface area contributed by atoms with Crippen LogP contribution in [0.1, 0.15) is 19.3 Å². The molecule has 0 bridgehead atoms. The summed E-state index contributed by atoms with van der Waals surface area (Å²) in [5.41, 5.74) is 1.55.